The van der Waals surface area contributed by atoms with Gasteiger partial charge in [-0.3, -0.25) is 0 Å². The van der Waals surface area contributed by atoms with E-state index in [1.807, 2.05) is 60.7 Å². The summed E-state index contributed by atoms with van der Waals surface area (Å²) in [7, 11) is 0. The molecule has 5 heteroatoms. The van der Waals surface area contributed by atoms with Crippen LogP contribution >= 0.6 is 0 Å². The van der Waals surface area contributed by atoms with Gasteiger partial charge in [-0.15, -0.1) is 0 Å². The largest absolute Gasteiger partial charge is 0.393 e. The van der Waals surface area contributed by atoms with Crippen LogP contribution < -0.4 is 10.6 Å². The molecule has 0 spiro atoms. The Labute approximate surface area is 154 Å². The number of aliphatic hydroxyl groups excluding tert-OH is 2. The third kappa shape index (κ3) is 4.84. The molecule has 3 rings (SSSR count). The minimum absolute atomic E-state index is 0.0590. The van der Waals surface area contributed by atoms with Crippen LogP contribution in [0.15, 0.2) is 60.7 Å². The summed E-state index contributed by atoms with van der Waals surface area (Å²) < 4.78 is 0. The van der Waals surface area contributed by atoms with Crippen molar-refractivity contribution in [3.63, 3.8) is 0 Å². The van der Waals surface area contributed by atoms with Crippen LogP contribution in [0.2, 0.25) is 0 Å². The summed E-state index contributed by atoms with van der Waals surface area (Å²) >= 11 is 0. The predicted molar refractivity (Wildman–Crippen MR) is 101 cm³/mol. The Morgan fingerprint density at radius 1 is 0.885 bits per heavy atom. The number of rotatable bonds is 5. The van der Waals surface area contributed by atoms with Crippen LogP contribution in [-0.2, 0) is 0 Å². The Morgan fingerprint density at radius 3 is 2.00 bits per heavy atom. The molecule has 1 aliphatic rings. The van der Waals surface area contributed by atoms with Crippen molar-refractivity contribution in [2.75, 3.05) is 0 Å². The van der Waals surface area contributed by atoms with E-state index in [0.717, 1.165) is 24.0 Å². The highest BCUT2D eigenvalue weighted by atomic mass is 16.3. The first-order valence-corrected chi connectivity index (χ1v) is 9.16. The van der Waals surface area contributed by atoms with Gasteiger partial charge in [0.05, 0.1) is 12.1 Å². The second-order valence-electron chi connectivity index (χ2n) is 6.87. The number of amides is 2. The normalized spacial score (nSPS) is 22.2. The molecule has 2 atom stereocenters. The smallest absolute Gasteiger partial charge is 0.315 e. The minimum Gasteiger partial charge on any atom is -0.393 e. The first-order chi connectivity index (χ1) is 12.6. The van der Waals surface area contributed by atoms with Crippen molar-refractivity contribution >= 4 is 6.03 Å². The SMILES string of the molecule is O=C(NC1CCC(O)CC1)NC(c1ccccc1)C(O)c1ccccc1. The van der Waals surface area contributed by atoms with E-state index < -0.39 is 12.1 Å². The van der Waals surface area contributed by atoms with E-state index in [-0.39, 0.29) is 18.2 Å². The first-order valence-electron chi connectivity index (χ1n) is 9.16. The quantitative estimate of drug-likeness (QED) is 0.666. The van der Waals surface area contributed by atoms with Gasteiger partial charge in [0.25, 0.3) is 0 Å². The highest BCUT2D eigenvalue weighted by Crippen LogP contribution is 2.28. The van der Waals surface area contributed by atoms with Crippen molar-refractivity contribution in [2.24, 2.45) is 0 Å². The Hall–Kier alpha value is -2.37. The molecule has 4 N–H and O–H groups in total. The Morgan fingerprint density at radius 2 is 1.42 bits per heavy atom. The first kappa shape index (κ1) is 18.4. The zero-order chi connectivity index (χ0) is 18.4. The molecule has 5 nitrogen and oxygen atoms in total. The van der Waals surface area contributed by atoms with Gasteiger partial charge < -0.3 is 20.8 Å². The molecule has 1 saturated carbocycles. The lowest BCUT2D eigenvalue weighted by Gasteiger charge is -2.29. The van der Waals surface area contributed by atoms with Crippen molar-refractivity contribution in [1.82, 2.24) is 10.6 Å². The molecule has 2 amide bonds. The number of carbonyl (C=O) groups excluding carboxylic acids is 1. The van der Waals surface area contributed by atoms with Crippen molar-refractivity contribution < 1.29 is 15.0 Å². The molecule has 0 saturated heterocycles. The molecule has 26 heavy (non-hydrogen) atoms. The van der Waals surface area contributed by atoms with Gasteiger partial charge in [-0.25, -0.2) is 4.79 Å². The molecule has 1 fully saturated rings. The van der Waals surface area contributed by atoms with E-state index >= 15 is 0 Å². The van der Waals surface area contributed by atoms with Gasteiger partial charge in [-0.1, -0.05) is 60.7 Å². The molecule has 2 aromatic carbocycles. The number of carbonyl (C=O) groups is 1. The lowest BCUT2D eigenvalue weighted by molar-refractivity contribution is 0.114. The Balaban J connectivity index is 1.70. The van der Waals surface area contributed by atoms with Crippen LogP contribution in [0.4, 0.5) is 4.79 Å². The summed E-state index contributed by atoms with van der Waals surface area (Å²) in [5, 5.41) is 26.3. The van der Waals surface area contributed by atoms with Crippen LogP contribution in [0.3, 0.4) is 0 Å². The van der Waals surface area contributed by atoms with Gasteiger partial charge in [-0.05, 0) is 36.8 Å². The van der Waals surface area contributed by atoms with Gasteiger partial charge >= 0.3 is 6.03 Å². The lowest BCUT2D eigenvalue weighted by atomic mass is 9.93. The molecule has 138 valence electrons. The monoisotopic (exact) mass is 354 g/mol. The van der Waals surface area contributed by atoms with Gasteiger partial charge in [0, 0.05) is 6.04 Å². The minimum atomic E-state index is -0.850. The van der Waals surface area contributed by atoms with Crippen molar-refractivity contribution in [2.45, 2.75) is 50.0 Å². The van der Waals surface area contributed by atoms with Gasteiger partial charge in [0.15, 0.2) is 0 Å². The number of nitrogens with one attached hydrogen (secondary N) is 2. The fourth-order valence-corrected chi connectivity index (χ4v) is 3.44. The molecular formula is C21H26N2O3. The zero-order valence-electron chi connectivity index (χ0n) is 14.7. The van der Waals surface area contributed by atoms with Crippen LogP contribution in [0.1, 0.15) is 49.0 Å². The maximum Gasteiger partial charge on any atom is 0.315 e. The average molecular weight is 354 g/mol. The summed E-state index contributed by atoms with van der Waals surface area (Å²) in [6.07, 6.45) is 1.85. The molecular weight excluding hydrogens is 328 g/mol. The Kier molecular flexibility index (Phi) is 6.26. The van der Waals surface area contributed by atoms with E-state index in [9.17, 15) is 15.0 Å². The second-order valence-corrected chi connectivity index (χ2v) is 6.87. The topological polar surface area (TPSA) is 81.6 Å². The number of urea groups is 1. The zero-order valence-corrected chi connectivity index (χ0v) is 14.7. The third-order valence-corrected chi connectivity index (χ3v) is 4.93. The highest BCUT2D eigenvalue weighted by Gasteiger charge is 2.26. The van der Waals surface area contributed by atoms with E-state index in [4.69, 9.17) is 0 Å². The van der Waals surface area contributed by atoms with E-state index in [0.29, 0.717) is 12.8 Å². The molecule has 0 bridgehead atoms. The number of aliphatic hydroxyl groups is 2. The summed E-state index contributed by atoms with van der Waals surface area (Å²) in [6.45, 7) is 0. The Bertz CT molecular complexity index is 685. The average Bonchev–Trinajstić information content (AvgIpc) is 2.69. The summed E-state index contributed by atoms with van der Waals surface area (Å²) in [5.74, 6) is 0. The maximum atomic E-state index is 12.5. The van der Waals surface area contributed by atoms with Crippen LogP contribution in [0, 0.1) is 0 Å². The third-order valence-electron chi connectivity index (χ3n) is 4.93. The molecule has 2 aromatic rings. The number of benzene rings is 2. The standard InChI is InChI=1S/C21H26N2O3/c24-18-13-11-17(12-14-18)22-21(26)23-19(15-7-3-1-4-8-15)20(25)16-9-5-2-6-10-16/h1-10,17-20,24-25H,11-14H2,(H2,22,23,26). The van der Waals surface area contributed by atoms with Crippen molar-refractivity contribution in [1.29, 1.82) is 0 Å². The van der Waals surface area contributed by atoms with E-state index in [1.165, 1.54) is 0 Å². The van der Waals surface area contributed by atoms with Gasteiger partial charge in [-0.2, -0.15) is 0 Å². The van der Waals surface area contributed by atoms with Crippen LogP contribution in [0.25, 0.3) is 0 Å². The molecule has 0 heterocycles. The predicted octanol–water partition coefficient (Wildman–Crippen LogP) is 3.06. The fraction of sp³-hybridized carbons (Fsp3) is 0.381. The fourth-order valence-electron chi connectivity index (χ4n) is 3.44. The van der Waals surface area contributed by atoms with Crippen LogP contribution in [0.5, 0.6) is 0 Å². The second kappa shape index (κ2) is 8.83. The van der Waals surface area contributed by atoms with Gasteiger partial charge in [0.2, 0.25) is 0 Å². The summed E-state index contributed by atoms with van der Waals surface area (Å²) in [5.41, 5.74) is 1.60. The summed E-state index contributed by atoms with van der Waals surface area (Å²) in [4.78, 5) is 12.5. The highest BCUT2D eigenvalue weighted by molar-refractivity contribution is 5.75. The molecule has 0 aliphatic heterocycles. The number of hydrogen-bond donors (Lipinski definition) is 4. The van der Waals surface area contributed by atoms with Gasteiger partial charge in [0.1, 0.15) is 6.10 Å². The van der Waals surface area contributed by atoms with Crippen molar-refractivity contribution in [3.05, 3.63) is 71.8 Å². The van der Waals surface area contributed by atoms with E-state index in [2.05, 4.69) is 10.6 Å². The molecule has 2 unspecified atom stereocenters. The van der Waals surface area contributed by atoms with E-state index in [1.54, 1.807) is 0 Å². The summed E-state index contributed by atoms with van der Waals surface area (Å²) in [6, 6.07) is 18.0. The maximum absolute atomic E-state index is 12.5. The molecule has 1 aliphatic carbocycles. The molecule has 0 aromatic heterocycles. The number of hydrogen-bond acceptors (Lipinski definition) is 3. The lowest BCUT2D eigenvalue weighted by Crippen LogP contribution is -2.46. The van der Waals surface area contributed by atoms with Crippen molar-refractivity contribution in [3.8, 4) is 0 Å². The van der Waals surface area contributed by atoms with Crippen LogP contribution in [-0.4, -0.2) is 28.4 Å². The molecule has 0 radical (unpaired) electrons.